The summed E-state index contributed by atoms with van der Waals surface area (Å²) in [5.74, 6) is 2.11. The molecule has 0 aromatic heterocycles. The van der Waals surface area contributed by atoms with Crippen molar-refractivity contribution in [2.24, 2.45) is 0 Å². The van der Waals surface area contributed by atoms with Crippen LogP contribution in [0.4, 0.5) is 11.4 Å². The Kier molecular flexibility index (Phi) is 8.41. The highest BCUT2D eigenvalue weighted by atomic mass is 16.5. The molecule has 3 rings (SSSR count). The average Bonchev–Trinajstić information content (AvgIpc) is 2.80. The van der Waals surface area contributed by atoms with Gasteiger partial charge in [0, 0.05) is 31.6 Å². The Hall–Kier alpha value is -2.93. The van der Waals surface area contributed by atoms with Crippen LogP contribution >= 0.6 is 0 Å². The zero-order valence-corrected chi connectivity index (χ0v) is 18.6. The van der Waals surface area contributed by atoms with E-state index in [4.69, 9.17) is 18.9 Å². The average molecular weight is 429 g/mol. The second kappa shape index (κ2) is 11.5. The molecule has 0 spiro atoms. The Balaban J connectivity index is 1.74. The molecule has 1 aliphatic heterocycles. The predicted molar refractivity (Wildman–Crippen MR) is 122 cm³/mol. The lowest BCUT2D eigenvalue weighted by Crippen LogP contribution is -2.36. The molecule has 0 unspecified atom stereocenters. The number of carbonyl (C=O) groups is 1. The maximum atomic E-state index is 12.7. The fourth-order valence-electron chi connectivity index (χ4n) is 3.51. The number of rotatable bonds is 10. The van der Waals surface area contributed by atoms with E-state index in [-0.39, 0.29) is 5.91 Å². The number of nitrogens with zero attached hydrogens (tertiary/aromatic N) is 1. The van der Waals surface area contributed by atoms with E-state index in [0.717, 1.165) is 35.8 Å². The first-order valence-electron chi connectivity index (χ1n) is 10.8. The van der Waals surface area contributed by atoms with Crippen LogP contribution in [0.5, 0.6) is 17.2 Å². The maximum Gasteiger partial charge on any atom is 0.224 e. The first-order valence-corrected chi connectivity index (χ1v) is 10.8. The third kappa shape index (κ3) is 6.28. The number of ether oxygens (including phenoxy) is 4. The first kappa shape index (κ1) is 22.7. The van der Waals surface area contributed by atoms with E-state index >= 15 is 0 Å². The van der Waals surface area contributed by atoms with Crippen LogP contribution in [0.15, 0.2) is 36.4 Å². The van der Waals surface area contributed by atoms with Gasteiger partial charge in [0.15, 0.2) is 0 Å². The lowest BCUT2D eigenvalue weighted by molar-refractivity contribution is -0.116. The largest absolute Gasteiger partial charge is 0.497 e. The van der Waals surface area contributed by atoms with Crippen LogP contribution in [0.2, 0.25) is 0 Å². The van der Waals surface area contributed by atoms with Crippen molar-refractivity contribution in [1.29, 1.82) is 0 Å². The quantitative estimate of drug-likeness (QED) is 0.619. The van der Waals surface area contributed by atoms with Gasteiger partial charge in [0.25, 0.3) is 0 Å². The Labute approximate surface area is 184 Å². The molecule has 7 heteroatoms. The number of hydrogen-bond donors (Lipinski definition) is 1. The van der Waals surface area contributed by atoms with Crippen molar-refractivity contribution in [3.05, 3.63) is 42.0 Å². The summed E-state index contributed by atoms with van der Waals surface area (Å²) in [6.45, 7) is 7.87. The number of carbonyl (C=O) groups excluding carboxylic acids is 1. The topological polar surface area (TPSA) is 69.3 Å². The van der Waals surface area contributed by atoms with E-state index in [1.807, 2.05) is 50.2 Å². The number of amides is 1. The molecule has 1 aliphatic rings. The molecule has 0 bridgehead atoms. The summed E-state index contributed by atoms with van der Waals surface area (Å²) in [6.07, 6.45) is 1.01. The molecule has 0 aliphatic carbocycles. The fraction of sp³-hybridized carbons (Fsp3) is 0.458. The van der Waals surface area contributed by atoms with Crippen LogP contribution in [0.1, 0.15) is 25.8 Å². The smallest absolute Gasteiger partial charge is 0.224 e. The molecule has 31 heavy (non-hydrogen) atoms. The van der Waals surface area contributed by atoms with Gasteiger partial charge in [-0.15, -0.1) is 0 Å². The van der Waals surface area contributed by atoms with Gasteiger partial charge in [0.1, 0.15) is 17.2 Å². The van der Waals surface area contributed by atoms with E-state index in [2.05, 4.69) is 10.2 Å². The van der Waals surface area contributed by atoms with Crippen LogP contribution in [-0.4, -0.2) is 52.5 Å². The molecule has 1 saturated heterocycles. The van der Waals surface area contributed by atoms with E-state index in [1.54, 1.807) is 7.11 Å². The molecule has 2 aromatic carbocycles. The summed E-state index contributed by atoms with van der Waals surface area (Å²) < 4.78 is 22.4. The summed E-state index contributed by atoms with van der Waals surface area (Å²) in [4.78, 5) is 14.9. The molecule has 1 heterocycles. The van der Waals surface area contributed by atoms with Crippen LogP contribution < -0.4 is 24.4 Å². The van der Waals surface area contributed by atoms with Gasteiger partial charge in [-0.05, 0) is 38.0 Å². The Morgan fingerprint density at radius 3 is 2.35 bits per heavy atom. The van der Waals surface area contributed by atoms with Crippen molar-refractivity contribution in [1.82, 2.24) is 0 Å². The Bertz CT molecular complexity index is 848. The summed E-state index contributed by atoms with van der Waals surface area (Å²) in [7, 11) is 1.64. The SMILES string of the molecule is CCOc1cc(N2CCOCC2)c(OCC)cc1NC(=O)CCc1ccc(OC)cc1. The van der Waals surface area contributed by atoms with E-state index in [9.17, 15) is 4.79 Å². The Morgan fingerprint density at radius 2 is 1.71 bits per heavy atom. The molecular formula is C24H32N2O5. The molecular weight excluding hydrogens is 396 g/mol. The molecule has 0 radical (unpaired) electrons. The predicted octanol–water partition coefficient (Wildman–Crippen LogP) is 3.90. The number of nitrogens with one attached hydrogen (secondary N) is 1. The number of hydrogen-bond acceptors (Lipinski definition) is 6. The van der Waals surface area contributed by atoms with E-state index < -0.39 is 0 Å². The molecule has 2 aromatic rings. The number of anilines is 2. The Morgan fingerprint density at radius 1 is 1.03 bits per heavy atom. The molecule has 7 nitrogen and oxygen atoms in total. The minimum absolute atomic E-state index is 0.0710. The van der Waals surface area contributed by atoms with Gasteiger partial charge in [-0.3, -0.25) is 4.79 Å². The summed E-state index contributed by atoms with van der Waals surface area (Å²) >= 11 is 0. The van der Waals surface area contributed by atoms with Crippen molar-refractivity contribution in [3.8, 4) is 17.2 Å². The highest BCUT2D eigenvalue weighted by molar-refractivity contribution is 5.93. The first-order chi connectivity index (χ1) is 15.1. The molecule has 0 saturated carbocycles. The molecule has 1 N–H and O–H groups in total. The van der Waals surface area contributed by atoms with E-state index in [1.165, 1.54) is 0 Å². The fourth-order valence-corrected chi connectivity index (χ4v) is 3.51. The zero-order chi connectivity index (χ0) is 22.1. The van der Waals surface area contributed by atoms with Gasteiger partial charge in [-0.2, -0.15) is 0 Å². The second-order valence-electron chi connectivity index (χ2n) is 7.18. The van der Waals surface area contributed by atoms with Crippen molar-refractivity contribution < 1.29 is 23.7 Å². The lowest BCUT2D eigenvalue weighted by Gasteiger charge is -2.31. The zero-order valence-electron chi connectivity index (χ0n) is 18.6. The van der Waals surface area contributed by atoms with Crippen molar-refractivity contribution in [2.45, 2.75) is 26.7 Å². The molecule has 0 atom stereocenters. The van der Waals surface area contributed by atoms with Crippen LogP contribution in [0.25, 0.3) is 0 Å². The highest BCUT2D eigenvalue weighted by Crippen LogP contribution is 2.39. The van der Waals surface area contributed by atoms with Crippen molar-refractivity contribution in [2.75, 3.05) is 56.8 Å². The maximum absolute atomic E-state index is 12.7. The monoisotopic (exact) mass is 428 g/mol. The molecule has 168 valence electrons. The molecule has 1 fully saturated rings. The van der Waals surface area contributed by atoms with Crippen LogP contribution in [-0.2, 0) is 16.0 Å². The summed E-state index contributed by atoms with van der Waals surface area (Å²) in [5.41, 5.74) is 2.67. The van der Waals surface area contributed by atoms with E-state index in [0.29, 0.717) is 50.7 Å². The lowest BCUT2D eigenvalue weighted by atomic mass is 10.1. The van der Waals surface area contributed by atoms with Gasteiger partial charge < -0.3 is 29.2 Å². The number of methoxy groups -OCH3 is 1. The van der Waals surface area contributed by atoms with Gasteiger partial charge >= 0.3 is 0 Å². The summed E-state index contributed by atoms with van der Waals surface area (Å²) in [5, 5.41) is 3.01. The minimum atomic E-state index is -0.0710. The van der Waals surface area contributed by atoms with Gasteiger partial charge in [0.2, 0.25) is 5.91 Å². The molecule has 1 amide bonds. The van der Waals surface area contributed by atoms with Gasteiger partial charge in [0.05, 0.1) is 44.9 Å². The van der Waals surface area contributed by atoms with Crippen LogP contribution in [0, 0.1) is 0 Å². The highest BCUT2D eigenvalue weighted by Gasteiger charge is 2.20. The number of morpholine rings is 1. The standard InChI is InChI=1S/C24H32N2O5/c1-4-30-22-17-21(26-12-14-29-15-13-26)23(31-5-2)16-20(22)25-24(27)11-8-18-6-9-19(28-3)10-7-18/h6-7,9-10,16-17H,4-5,8,11-15H2,1-3H3,(H,25,27). The third-order valence-electron chi connectivity index (χ3n) is 5.09. The van der Waals surface area contributed by atoms with Crippen LogP contribution in [0.3, 0.4) is 0 Å². The number of benzene rings is 2. The van der Waals surface area contributed by atoms with Gasteiger partial charge in [-0.1, -0.05) is 12.1 Å². The minimum Gasteiger partial charge on any atom is -0.497 e. The number of aryl methyl sites for hydroxylation is 1. The second-order valence-corrected chi connectivity index (χ2v) is 7.18. The van der Waals surface area contributed by atoms with Crippen molar-refractivity contribution in [3.63, 3.8) is 0 Å². The van der Waals surface area contributed by atoms with Gasteiger partial charge in [-0.25, -0.2) is 0 Å². The normalized spacial score (nSPS) is 13.6. The van der Waals surface area contributed by atoms with Crippen molar-refractivity contribution >= 4 is 17.3 Å². The summed E-state index contributed by atoms with van der Waals surface area (Å²) in [6, 6.07) is 11.6. The third-order valence-corrected chi connectivity index (χ3v) is 5.09.